The first-order chi connectivity index (χ1) is 16.0. The molecule has 3 aromatic rings. The summed E-state index contributed by atoms with van der Waals surface area (Å²) in [5.41, 5.74) is 1.37. The van der Waals surface area contributed by atoms with E-state index in [-0.39, 0.29) is 24.9 Å². The summed E-state index contributed by atoms with van der Waals surface area (Å²) in [6.07, 6.45) is 0.885. The summed E-state index contributed by atoms with van der Waals surface area (Å²) < 4.78 is 12.3. The number of hydrogen-bond donors (Lipinski definition) is 1. The summed E-state index contributed by atoms with van der Waals surface area (Å²) in [6.45, 7) is 5.89. The van der Waals surface area contributed by atoms with Crippen LogP contribution < -0.4 is 15.1 Å². The van der Waals surface area contributed by atoms with Crippen LogP contribution >= 0.6 is 11.6 Å². The number of aromatic nitrogens is 2. The Bertz CT molecular complexity index is 1050. The fourth-order valence-electron chi connectivity index (χ4n) is 3.06. The first-order valence-electron chi connectivity index (χ1n) is 10.6. The number of hydrogen-bond acceptors (Lipinski definition) is 7. The van der Waals surface area contributed by atoms with Gasteiger partial charge in [0.15, 0.2) is 6.10 Å². The van der Waals surface area contributed by atoms with Crippen LogP contribution in [0, 0.1) is 0 Å². The van der Waals surface area contributed by atoms with Gasteiger partial charge in [-0.1, -0.05) is 55.8 Å². The zero-order valence-electron chi connectivity index (χ0n) is 18.5. The molecule has 1 N–H and O–H groups in total. The van der Waals surface area contributed by atoms with Crippen LogP contribution in [0.25, 0.3) is 0 Å². The molecule has 0 saturated carbocycles. The molecule has 33 heavy (non-hydrogen) atoms. The van der Waals surface area contributed by atoms with Gasteiger partial charge < -0.3 is 15.2 Å². The van der Waals surface area contributed by atoms with Gasteiger partial charge in [-0.25, -0.2) is 4.99 Å². The molecule has 1 unspecified atom stereocenters. The molecule has 1 aromatic heterocycles. The number of likely N-dealkylation sites (N-methyl/N-ethyl adjacent to an activating group) is 1. The van der Waals surface area contributed by atoms with Gasteiger partial charge in [-0.2, -0.15) is 0 Å². The van der Waals surface area contributed by atoms with Crippen LogP contribution in [0.2, 0.25) is 5.02 Å². The van der Waals surface area contributed by atoms with Gasteiger partial charge in [0, 0.05) is 10.7 Å². The molecule has 10 heteroatoms. The smallest absolute Gasteiger partial charge is 0.322 e. The number of benzene rings is 2. The summed E-state index contributed by atoms with van der Waals surface area (Å²) in [5, 5.41) is 19.2. The van der Waals surface area contributed by atoms with Crippen LogP contribution in [0.4, 0.5) is 11.6 Å². The van der Waals surface area contributed by atoms with Crippen molar-refractivity contribution in [2.75, 3.05) is 25.0 Å². The number of ether oxygens (including phenoxy) is 1. The number of rotatable bonds is 10. The van der Waals surface area contributed by atoms with Crippen molar-refractivity contribution in [3.63, 3.8) is 0 Å². The lowest BCUT2D eigenvalue weighted by Crippen LogP contribution is -2.40. The number of amidine groups is 1. The number of nitrogens with zero attached hydrogens (tertiary/aromatic N) is 4. The molecule has 0 saturated heterocycles. The lowest BCUT2D eigenvalue weighted by molar-refractivity contribution is -0.768. The van der Waals surface area contributed by atoms with Gasteiger partial charge in [-0.05, 0) is 47.6 Å². The molecule has 0 aliphatic rings. The Morgan fingerprint density at radius 1 is 1.21 bits per heavy atom. The van der Waals surface area contributed by atoms with Crippen molar-refractivity contribution in [3.8, 4) is 0 Å². The zero-order valence-corrected chi connectivity index (χ0v) is 19.2. The summed E-state index contributed by atoms with van der Waals surface area (Å²) in [4.78, 5) is 18.3. The van der Waals surface area contributed by atoms with E-state index in [0.717, 1.165) is 18.7 Å². The molecule has 0 fully saturated rings. The van der Waals surface area contributed by atoms with E-state index in [1.807, 2.05) is 49.1 Å². The number of esters is 1. The van der Waals surface area contributed by atoms with E-state index < -0.39 is 12.1 Å². The van der Waals surface area contributed by atoms with Crippen molar-refractivity contribution in [1.29, 1.82) is 0 Å². The van der Waals surface area contributed by atoms with Crippen molar-refractivity contribution in [2.45, 2.75) is 26.5 Å². The van der Waals surface area contributed by atoms with E-state index >= 15 is 0 Å². The van der Waals surface area contributed by atoms with Gasteiger partial charge in [0.25, 0.3) is 6.20 Å². The molecule has 2 aromatic carbocycles. The van der Waals surface area contributed by atoms with Gasteiger partial charge in [0.1, 0.15) is 0 Å². The molecular weight excluding hydrogens is 446 g/mol. The molecule has 0 bridgehead atoms. The quantitative estimate of drug-likeness (QED) is 0.209. The maximum absolute atomic E-state index is 12.5. The van der Waals surface area contributed by atoms with Gasteiger partial charge in [0.05, 0.1) is 12.6 Å². The van der Waals surface area contributed by atoms with Crippen molar-refractivity contribution in [2.24, 2.45) is 4.99 Å². The molecule has 0 amide bonds. The average Bonchev–Trinajstić information content (AvgIpc) is 3.25. The van der Waals surface area contributed by atoms with E-state index in [1.165, 1.54) is 10.9 Å². The molecule has 0 aliphatic heterocycles. The van der Waals surface area contributed by atoms with E-state index in [0.29, 0.717) is 10.7 Å². The molecule has 3 rings (SSSR count). The van der Waals surface area contributed by atoms with E-state index in [9.17, 15) is 9.90 Å². The minimum absolute atomic E-state index is 0.0164. The lowest BCUT2D eigenvalue weighted by atomic mass is 10.1. The van der Waals surface area contributed by atoms with Gasteiger partial charge in [0.2, 0.25) is 11.8 Å². The Balaban J connectivity index is 1.69. The maximum Gasteiger partial charge on any atom is 0.322 e. The summed E-state index contributed by atoms with van der Waals surface area (Å²) >= 11 is 5.84. The van der Waals surface area contributed by atoms with E-state index in [2.05, 4.69) is 15.6 Å². The predicted octanol–water partition coefficient (Wildman–Crippen LogP) is 2.70. The third kappa shape index (κ3) is 7.58. The molecule has 9 nitrogen and oxygen atoms in total. The summed E-state index contributed by atoms with van der Waals surface area (Å²) in [5.74, 6) is -0.313. The van der Waals surface area contributed by atoms with Crippen molar-refractivity contribution in [3.05, 3.63) is 71.4 Å². The highest BCUT2D eigenvalue weighted by Gasteiger charge is 2.25. The molecule has 0 spiro atoms. The highest BCUT2D eigenvalue weighted by molar-refractivity contribution is 6.30. The molecule has 1 atom stereocenters. The van der Waals surface area contributed by atoms with Gasteiger partial charge >= 0.3 is 11.9 Å². The third-order valence-electron chi connectivity index (χ3n) is 4.85. The van der Waals surface area contributed by atoms with Crippen LogP contribution in [0.5, 0.6) is 0 Å². The molecular formula is C23H26ClN5O4. The molecule has 174 valence electrons. The number of aliphatic imine (C=N–C) groups is 1. The highest BCUT2D eigenvalue weighted by Crippen LogP contribution is 2.19. The Labute approximate surface area is 197 Å². The molecule has 0 radical (unpaired) electrons. The minimum Gasteiger partial charge on any atom is -0.846 e. The molecule has 0 aliphatic carbocycles. The highest BCUT2D eigenvalue weighted by atomic mass is 35.5. The minimum atomic E-state index is -0.620. The number of anilines is 1. The van der Waals surface area contributed by atoms with E-state index in [1.54, 1.807) is 24.3 Å². The Kier molecular flexibility index (Phi) is 8.79. The van der Waals surface area contributed by atoms with Crippen LogP contribution in [0.1, 0.15) is 25.5 Å². The third-order valence-corrected chi connectivity index (χ3v) is 5.10. The maximum atomic E-state index is 12.5. The Hall–Kier alpha value is -3.43. The normalized spacial score (nSPS) is 12.5. The van der Waals surface area contributed by atoms with Crippen molar-refractivity contribution < 1.29 is 23.8 Å². The van der Waals surface area contributed by atoms with Crippen molar-refractivity contribution >= 4 is 35.2 Å². The molecule has 1 heterocycles. The Morgan fingerprint density at radius 2 is 1.91 bits per heavy atom. The SMILES string of the molecule is CCN(CC)CC(=O)OC(C[n+]1cc(N=C([O-])Nc2ccc(Cl)cc2)on1)c1ccccc1. The largest absolute Gasteiger partial charge is 0.846 e. The second kappa shape index (κ2) is 12.0. The van der Waals surface area contributed by atoms with E-state index in [4.69, 9.17) is 20.9 Å². The monoisotopic (exact) mass is 471 g/mol. The van der Waals surface area contributed by atoms with Crippen molar-refractivity contribution in [1.82, 2.24) is 10.2 Å². The fourth-order valence-corrected chi connectivity index (χ4v) is 3.19. The Morgan fingerprint density at radius 3 is 2.58 bits per heavy atom. The first kappa shape index (κ1) is 24.2. The predicted molar refractivity (Wildman–Crippen MR) is 122 cm³/mol. The average molecular weight is 472 g/mol. The zero-order chi connectivity index (χ0) is 23.6. The standard InChI is InChI=1S/C23H26ClN5O4/c1-3-28(4-2)16-22(30)32-20(17-8-6-5-7-9-17)14-29-15-21(33-27-29)26-23(31)25-19-12-10-18(24)11-13-19/h5-13,15,20H,3-4,14,16H2,1-2H3,(H-,25,26,27,31). The second-order valence-corrected chi connectivity index (χ2v) is 7.60. The fraction of sp³-hybridized carbons (Fsp3) is 0.304. The van der Waals surface area contributed by atoms with Crippen LogP contribution in [0.3, 0.4) is 0 Å². The summed E-state index contributed by atoms with van der Waals surface area (Å²) in [6, 6.07) is 15.4. The topological polar surface area (TPSA) is 107 Å². The van der Waals surface area contributed by atoms with Crippen LogP contribution in [-0.2, 0) is 16.1 Å². The number of nitrogens with one attached hydrogen (secondary N) is 1. The van der Waals surface area contributed by atoms with Crippen LogP contribution in [0.15, 0.2) is 70.3 Å². The summed E-state index contributed by atoms with van der Waals surface area (Å²) in [7, 11) is 0. The lowest BCUT2D eigenvalue weighted by Gasteiger charge is -2.19. The number of carbonyl (C=O) groups excluding carboxylic acids is 1. The second-order valence-electron chi connectivity index (χ2n) is 7.16. The van der Waals surface area contributed by atoms with Gasteiger partial charge in [-0.15, -0.1) is 0 Å². The van der Waals surface area contributed by atoms with Crippen LogP contribution in [-0.4, -0.2) is 41.8 Å². The van der Waals surface area contributed by atoms with Gasteiger partial charge in [-0.3, -0.25) is 14.2 Å². The first-order valence-corrected chi connectivity index (χ1v) is 11.0. The number of carbonyl (C=O) groups is 1. The number of halogens is 1.